The van der Waals surface area contributed by atoms with Crippen LogP contribution in [0.4, 0.5) is 0 Å². The van der Waals surface area contributed by atoms with Gasteiger partial charge in [-0.15, -0.1) is 0 Å². The number of carbonyl (C=O) groups is 2. The van der Waals surface area contributed by atoms with Gasteiger partial charge in [-0.05, 0) is 0 Å². The molecule has 0 radical (unpaired) electrons. The summed E-state index contributed by atoms with van der Waals surface area (Å²) in [4.78, 5) is 19.4. The first-order valence-electron chi connectivity index (χ1n) is 5.99. The van der Waals surface area contributed by atoms with E-state index in [9.17, 15) is 15.0 Å². The molecule has 0 aromatic rings. The summed E-state index contributed by atoms with van der Waals surface area (Å²) in [5.74, 6) is -2.55. The maximum absolute atomic E-state index is 11.0. The zero-order valence-electron chi connectivity index (χ0n) is 11.7. The van der Waals surface area contributed by atoms with E-state index < -0.39 is 49.3 Å². The Bertz CT molecular complexity index is 340. The van der Waals surface area contributed by atoms with Gasteiger partial charge in [0.2, 0.25) is 11.7 Å². The molecule has 6 N–H and O–H groups in total. The smallest absolute Gasteiger partial charge is 0.290 e. The maximum Gasteiger partial charge on any atom is 0.290 e. The molecule has 0 aliphatic carbocycles. The molecule has 1 amide bonds. The van der Waals surface area contributed by atoms with Crippen LogP contribution in [0.25, 0.3) is 0 Å². The van der Waals surface area contributed by atoms with Gasteiger partial charge in [-0.25, -0.2) is 0 Å². The number of carbonyl (C=O) groups excluding carboxylic acids is 1. The van der Waals surface area contributed by atoms with Crippen LogP contribution in [0.15, 0.2) is 0 Å². The fourth-order valence-electron chi connectivity index (χ4n) is 2.09. The molecule has 0 aromatic heterocycles. The molecule has 1 fully saturated rings. The highest BCUT2D eigenvalue weighted by Crippen LogP contribution is 2.29. The standard InChI is InChI=1S/C10H19NO7.CH2O2/c1-5(14)11-7-6(3-12)18-10(16,4-13)9(17-2)8(7)15;2-1-3/h6-9,12-13,15-16H,3-4H2,1-2H3,(H,11,14);1H,(H,2,3). The van der Waals surface area contributed by atoms with E-state index in [1.165, 1.54) is 14.0 Å². The van der Waals surface area contributed by atoms with Crippen molar-refractivity contribution in [1.29, 1.82) is 0 Å². The zero-order chi connectivity index (χ0) is 16.6. The minimum Gasteiger partial charge on any atom is -0.483 e. The average Bonchev–Trinajstić information content (AvgIpc) is 2.43. The molecule has 5 unspecified atom stereocenters. The Labute approximate surface area is 120 Å². The lowest BCUT2D eigenvalue weighted by molar-refractivity contribution is -0.346. The maximum atomic E-state index is 11.0. The lowest BCUT2D eigenvalue weighted by Gasteiger charge is -2.47. The summed E-state index contributed by atoms with van der Waals surface area (Å²) in [7, 11) is 1.22. The Kier molecular flexibility index (Phi) is 8.32. The molecule has 0 saturated carbocycles. The van der Waals surface area contributed by atoms with Gasteiger partial charge in [-0.2, -0.15) is 0 Å². The zero-order valence-corrected chi connectivity index (χ0v) is 11.7. The van der Waals surface area contributed by atoms with Crippen molar-refractivity contribution < 1.29 is 44.6 Å². The van der Waals surface area contributed by atoms with Gasteiger partial charge in [0.25, 0.3) is 6.47 Å². The minimum atomic E-state index is -2.13. The second kappa shape index (κ2) is 8.87. The number of carboxylic acid groups (broad SMARTS) is 1. The lowest BCUT2D eigenvalue weighted by Crippen LogP contribution is -2.70. The molecule has 0 aromatic carbocycles. The van der Waals surface area contributed by atoms with Crippen LogP contribution < -0.4 is 5.32 Å². The first-order valence-corrected chi connectivity index (χ1v) is 5.99. The number of aliphatic hydroxyl groups is 4. The quantitative estimate of drug-likeness (QED) is 0.291. The Balaban J connectivity index is 0.00000122. The van der Waals surface area contributed by atoms with E-state index in [0.717, 1.165) is 0 Å². The van der Waals surface area contributed by atoms with Gasteiger partial charge in [-0.1, -0.05) is 0 Å². The molecule has 21 heavy (non-hydrogen) atoms. The van der Waals surface area contributed by atoms with Crippen LogP contribution in [0.3, 0.4) is 0 Å². The van der Waals surface area contributed by atoms with Crippen molar-refractivity contribution in [3.8, 4) is 0 Å². The Hall–Kier alpha value is -1.30. The molecular weight excluding hydrogens is 290 g/mol. The molecule has 124 valence electrons. The van der Waals surface area contributed by atoms with E-state index in [2.05, 4.69) is 5.32 Å². The Morgan fingerprint density at radius 1 is 1.48 bits per heavy atom. The molecule has 10 nitrogen and oxygen atoms in total. The fourth-order valence-corrected chi connectivity index (χ4v) is 2.09. The summed E-state index contributed by atoms with van der Waals surface area (Å²) in [5.41, 5.74) is 0. The fraction of sp³-hybridized carbons (Fsp3) is 0.818. The molecule has 0 bridgehead atoms. The second-order valence-corrected chi connectivity index (χ2v) is 4.32. The topological polar surface area (TPSA) is 166 Å². The molecule has 0 spiro atoms. The highest BCUT2D eigenvalue weighted by atomic mass is 16.7. The molecule has 1 saturated heterocycles. The van der Waals surface area contributed by atoms with Crippen molar-refractivity contribution in [3.05, 3.63) is 0 Å². The van der Waals surface area contributed by atoms with Gasteiger partial charge < -0.3 is 40.3 Å². The molecular formula is C11H21NO9. The van der Waals surface area contributed by atoms with E-state index in [1.807, 2.05) is 0 Å². The Morgan fingerprint density at radius 3 is 2.33 bits per heavy atom. The minimum absolute atomic E-state index is 0.250. The molecule has 1 aliphatic heterocycles. The van der Waals surface area contributed by atoms with Crippen molar-refractivity contribution >= 4 is 12.4 Å². The number of ether oxygens (including phenoxy) is 2. The number of nitrogens with one attached hydrogen (secondary N) is 1. The summed E-state index contributed by atoms with van der Waals surface area (Å²) < 4.78 is 10.0. The van der Waals surface area contributed by atoms with Crippen LogP contribution >= 0.6 is 0 Å². The third-order valence-electron chi connectivity index (χ3n) is 2.91. The van der Waals surface area contributed by atoms with Crippen LogP contribution in [-0.2, 0) is 19.1 Å². The molecule has 1 rings (SSSR count). The van der Waals surface area contributed by atoms with E-state index >= 15 is 0 Å². The molecule has 1 heterocycles. The summed E-state index contributed by atoms with van der Waals surface area (Å²) in [6, 6.07) is -0.940. The first-order chi connectivity index (χ1) is 9.80. The van der Waals surface area contributed by atoms with E-state index in [4.69, 9.17) is 29.6 Å². The highest BCUT2D eigenvalue weighted by Gasteiger charge is 2.54. The van der Waals surface area contributed by atoms with Crippen LogP contribution in [0.1, 0.15) is 6.92 Å². The first kappa shape index (κ1) is 19.7. The monoisotopic (exact) mass is 311 g/mol. The Morgan fingerprint density at radius 2 is 2.00 bits per heavy atom. The third-order valence-corrected chi connectivity index (χ3v) is 2.91. The number of amides is 1. The van der Waals surface area contributed by atoms with Crippen LogP contribution in [0, 0.1) is 0 Å². The highest BCUT2D eigenvalue weighted by molar-refractivity contribution is 5.73. The van der Waals surface area contributed by atoms with E-state index in [0.29, 0.717) is 0 Å². The third kappa shape index (κ3) is 4.88. The lowest BCUT2D eigenvalue weighted by atomic mass is 9.90. The number of rotatable bonds is 4. The average molecular weight is 311 g/mol. The summed E-state index contributed by atoms with van der Waals surface area (Å²) in [6.45, 7) is -0.359. The van der Waals surface area contributed by atoms with Crippen LogP contribution in [0.2, 0.25) is 0 Å². The SMILES string of the molecule is COC1C(O)C(NC(C)=O)C(CO)OC1(O)CO.O=CO. The van der Waals surface area contributed by atoms with Gasteiger partial charge >= 0.3 is 0 Å². The van der Waals surface area contributed by atoms with Crippen molar-refractivity contribution in [2.45, 2.75) is 37.1 Å². The van der Waals surface area contributed by atoms with Gasteiger partial charge in [0.15, 0.2) is 0 Å². The number of methoxy groups -OCH3 is 1. The van der Waals surface area contributed by atoms with Gasteiger partial charge in [-0.3, -0.25) is 9.59 Å². The summed E-state index contributed by atoms with van der Waals surface area (Å²) in [5, 5.41) is 47.6. The number of aliphatic hydroxyl groups excluding tert-OH is 3. The van der Waals surface area contributed by atoms with E-state index in [1.54, 1.807) is 0 Å². The molecule has 5 atom stereocenters. The molecule has 10 heteroatoms. The summed E-state index contributed by atoms with van der Waals surface area (Å²) in [6.07, 6.45) is -3.63. The predicted octanol–water partition coefficient (Wildman–Crippen LogP) is -3.36. The van der Waals surface area contributed by atoms with Gasteiger partial charge in [0, 0.05) is 14.0 Å². The van der Waals surface area contributed by atoms with Gasteiger partial charge in [0.05, 0.1) is 19.3 Å². The largest absolute Gasteiger partial charge is 0.483 e. The van der Waals surface area contributed by atoms with E-state index in [-0.39, 0.29) is 6.47 Å². The number of hydrogen-bond acceptors (Lipinski definition) is 8. The van der Waals surface area contributed by atoms with Crippen LogP contribution in [0.5, 0.6) is 0 Å². The predicted molar refractivity (Wildman–Crippen MR) is 67.1 cm³/mol. The van der Waals surface area contributed by atoms with Crippen molar-refractivity contribution in [3.63, 3.8) is 0 Å². The number of hydrogen-bond donors (Lipinski definition) is 6. The van der Waals surface area contributed by atoms with Gasteiger partial charge in [0.1, 0.15) is 18.3 Å². The second-order valence-electron chi connectivity index (χ2n) is 4.32. The van der Waals surface area contributed by atoms with Crippen molar-refractivity contribution in [2.24, 2.45) is 0 Å². The normalized spacial score (nSPS) is 35.3. The van der Waals surface area contributed by atoms with Crippen molar-refractivity contribution in [2.75, 3.05) is 20.3 Å². The van der Waals surface area contributed by atoms with Crippen LogP contribution in [-0.4, -0.2) is 88.4 Å². The summed E-state index contributed by atoms with van der Waals surface area (Å²) >= 11 is 0. The van der Waals surface area contributed by atoms with Crippen molar-refractivity contribution in [1.82, 2.24) is 5.32 Å². The molecule has 1 aliphatic rings.